The summed E-state index contributed by atoms with van der Waals surface area (Å²) in [4.78, 5) is 12.4. The van der Waals surface area contributed by atoms with Gasteiger partial charge < -0.3 is 9.84 Å². The Labute approximate surface area is 192 Å². The van der Waals surface area contributed by atoms with Crippen LogP contribution in [0.4, 0.5) is 0 Å². The second-order valence-corrected chi connectivity index (χ2v) is 9.30. The van der Waals surface area contributed by atoms with E-state index in [2.05, 4.69) is 16.3 Å². The lowest BCUT2D eigenvalue weighted by atomic mass is 9.86. The fourth-order valence-electron chi connectivity index (χ4n) is 4.00. The van der Waals surface area contributed by atoms with Crippen LogP contribution in [0.25, 0.3) is 33.0 Å². The number of nitrogens with one attached hydrogen (secondary N) is 1. The number of aryl methyl sites for hydroxylation is 1. The van der Waals surface area contributed by atoms with Gasteiger partial charge >= 0.3 is 5.97 Å². The minimum absolute atomic E-state index is 0.621. The smallest absolute Gasteiger partial charge is 0.337 e. The second kappa shape index (κ2) is 8.41. The van der Waals surface area contributed by atoms with Gasteiger partial charge in [0.1, 0.15) is 0 Å². The maximum atomic E-state index is 12.4. The third kappa shape index (κ3) is 4.40. The highest BCUT2D eigenvalue weighted by Gasteiger charge is 2.31. The van der Waals surface area contributed by atoms with E-state index < -0.39 is 17.7 Å². The largest absolute Gasteiger partial charge is 0.479 e. The maximum absolute atomic E-state index is 12.4. The van der Waals surface area contributed by atoms with Crippen molar-refractivity contribution in [2.45, 2.75) is 39.4 Å². The van der Waals surface area contributed by atoms with E-state index in [1.165, 1.54) is 0 Å². The zero-order valence-electron chi connectivity index (χ0n) is 18.4. The summed E-state index contributed by atoms with van der Waals surface area (Å²) in [6, 6.07) is 15.6. The number of hydrogen-bond donors (Lipinski definition) is 2. The summed E-state index contributed by atoms with van der Waals surface area (Å²) in [6.45, 7) is 7.51. The Kier molecular flexibility index (Phi) is 5.80. The van der Waals surface area contributed by atoms with Crippen molar-refractivity contribution in [3.8, 4) is 22.3 Å². The summed E-state index contributed by atoms with van der Waals surface area (Å²) in [5, 5.41) is 19.6. The first-order chi connectivity index (χ1) is 15.1. The molecule has 4 aromatic rings. The number of hydrogen-bond acceptors (Lipinski definition) is 3. The van der Waals surface area contributed by atoms with Crippen LogP contribution in [0.3, 0.4) is 0 Å². The van der Waals surface area contributed by atoms with Crippen molar-refractivity contribution >= 4 is 28.3 Å². The Morgan fingerprint density at radius 3 is 2.34 bits per heavy atom. The van der Waals surface area contributed by atoms with Crippen LogP contribution >= 0.6 is 11.6 Å². The highest BCUT2D eigenvalue weighted by molar-refractivity contribution is 6.30. The molecule has 1 aromatic heterocycles. The molecule has 0 aliphatic carbocycles. The van der Waals surface area contributed by atoms with Crippen LogP contribution in [-0.4, -0.2) is 26.9 Å². The minimum atomic E-state index is -1.11. The molecule has 0 saturated carbocycles. The molecule has 6 heteroatoms. The number of rotatable bonds is 5. The molecule has 5 nitrogen and oxygen atoms in total. The van der Waals surface area contributed by atoms with E-state index >= 15 is 0 Å². The quantitative estimate of drug-likeness (QED) is 0.352. The molecule has 4 rings (SSSR count). The molecule has 1 atom stereocenters. The van der Waals surface area contributed by atoms with Crippen LogP contribution in [0.5, 0.6) is 0 Å². The fourth-order valence-corrected chi connectivity index (χ4v) is 4.13. The molecule has 0 spiro atoms. The molecule has 1 heterocycles. The molecule has 0 saturated heterocycles. The van der Waals surface area contributed by atoms with Crippen molar-refractivity contribution in [1.82, 2.24) is 10.2 Å². The first-order valence-corrected chi connectivity index (χ1v) is 10.7. The number of carbonyl (C=O) groups is 1. The number of H-pyrrole nitrogens is 1. The Morgan fingerprint density at radius 2 is 1.75 bits per heavy atom. The molecule has 0 fully saturated rings. The lowest BCUT2D eigenvalue weighted by molar-refractivity contribution is -0.160. The van der Waals surface area contributed by atoms with Crippen LogP contribution < -0.4 is 0 Å². The van der Waals surface area contributed by atoms with Gasteiger partial charge in [-0.2, -0.15) is 5.10 Å². The summed E-state index contributed by atoms with van der Waals surface area (Å²) in [6.07, 6.45) is 2.51. The van der Waals surface area contributed by atoms with Crippen LogP contribution in [0, 0.1) is 6.92 Å². The fraction of sp³-hybridized carbons (Fsp3) is 0.231. The Morgan fingerprint density at radius 1 is 1.06 bits per heavy atom. The number of carboxylic acid groups (broad SMARTS) is 1. The monoisotopic (exact) mass is 448 g/mol. The van der Waals surface area contributed by atoms with Gasteiger partial charge in [-0.15, -0.1) is 0 Å². The third-order valence-electron chi connectivity index (χ3n) is 5.31. The van der Waals surface area contributed by atoms with Gasteiger partial charge in [0, 0.05) is 22.3 Å². The minimum Gasteiger partial charge on any atom is -0.479 e. The maximum Gasteiger partial charge on any atom is 0.337 e. The topological polar surface area (TPSA) is 75.2 Å². The van der Waals surface area contributed by atoms with Gasteiger partial charge in [0.05, 0.1) is 11.8 Å². The molecule has 2 N–H and O–H groups in total. The molecule has 0 bridgehead atoms. The molecule has 0 aliphatic heterocycles. The van der Waals surface area contributed by atoms with Gasteiger partial charge in [-0.05, 0) is 78.9 Å². The molecule has 3 aromatic carbocycles. The van der Waals surface area contributed by atoms with E-state index in [0.717, 1.165) is 38.6 Å². The van der Waals surface area contributed by atoms with E-state index in [0.29, 0.717) is 10.6 Å². The molecule has 164 valence electrons. The number of halogens is 1. The molecule has 0 amide bonds. The van der Waals surface area contributed by atoms with Gasteiger partial charge in [0.25, 0.3) is 0 Å². The highest BCUT2D eigenvalue weighted by atomic mass is 35.5. The second-order valence-electron chi connectivity index (χ2n) is 8.86. The first kappa shape index (κ1) is 22.1. The number of ether oxygens (including phenoxy) is 1. The normalized spacial score (nSPS) is 12.8. The average Bonchev–Trinajstić information content (AvgIpc) is 3.26. The third-order valence-corrected chi connectivity index (χ3v) is 5.56. The first-order valence-electron chi connectivity index (χ1n) is 10.4. The number of aromatic nitrogens is 2. The summed E-state index contributed by atoms with van der Waals surface area (Å²) in [5.74, 6) is -1.02. The van der Waals surface area contributed by atoms with Crippen molar-refractivity contribution in [2.24, 2.45) is 0 Å². The Balaban J connectivity index is 2.03. The van der Waals surface area contributed by atoms with E-state index in [4.69, 9.17) is 16.3 Å². The zero-order chi connectivity index (χ0) is 23.0. The standard InChI is InChI=1S/C26H25ClN2O3/c1-15-11-18-12-17(19-13-28-29-14-19)7-10-21(18)23(16-5-8-20(27)9-6-16)22(15)24(25(30)31)32-26(2,3)4/h5-14,24H,1-4H3,(H,28,29)(H,30,31)/t24-/m0/s1. The summed E-state index contributed by atoms with van der Waals surface area (Å²) in [7, 11) is 0. The number of fused-ring (bicyclic) bond motifs is 1. The SMILES string of the molecule is Cc1cc2cc(-c3cn[nH]c3)ccc2c(-c2ccc(Cl)cc2)c1[C@H](OC(C)(C)C)C(=O)O. The lowest BCUT2D eigenvalue weighted by Crippen LogP contribution is -2.28. The van der Waals surface area contributed by atoms with E-state index in [1.807, 2.05) is 76.4 Å². The molecular weight excluding hydrogens is 424 g/mol. The zero-order valence-corrected chi connectivity index (χ0v) is 19.2. The van der Waals surface area contributed by atoms with Crippen molar-refractivity contribution in [3.05, 3.63) is 77.1 Å². The van der Waals surface area contributed by atoms with E-state index in [-0.39, 0.29) is 0 Å². The Bertz CT molecular complexity index is 1270. The summed E-state index contributed by atoms with van der Waals surface area (Å²) >= 11 is 6.14. The van der Waals surface area contributed by atoms with Crippen LogP contribution in [-0.2, 0) is 9.53 Å². The van der Waals surface area contributed by atoms with Crippen molar-refractivity contribution in [3.63, 3.8) is 0 Å². The number of aromatic amines is 1. The number of aliphatic carboxylic acids is 1. The molecule has 32 heavy (non-hydrogen) atoms. The van der Waals surface area contributed by atoms with Crippen LogP contribution in [0.1, 0.15) is 38.0 Å². The summed E-state index contributed by atoms with van der Waals surface area (Å²) < 4.78 is 6.05. The number of nitrogens with zero attached hydrogens (tertiary/aromatic N) is 1. The van der Waals surface area contributed by atoms with Gasteiger partial charge in [-0.1, -0.05) is 41.9 Å². The predicted molar refractivity (Wildman–Crippen MR) is 128 cm³/mol. The molecule has 0 unspecified atom stereocenters. The van der Waals surface area contributed by atoms with Crippen LogP contribution in [0.15, 0.2) is 60.9 Å². The van der Waals surface area contributed by atoms with E-state index in [1.54, 1.807) is 6.20 Å². The van der Waals surface area contributed by atoms with Gasteiger partial charge in [-0.25, -0.2) is 4.79 Å². The molecule has 0 radical (unpaired) electrons. The predicted octanol–water partition coefficient (Wildman–Crippen LogP) is 6.80. The summed E-state index contributed by atoms with van der Waals surface area (Å²) in [5.41, 5.74) is 4.61. The molecular formula is C26H25ClN2O3. The van der Waals surface area contributed by atoms with Crippen LogP contribution in [0.2, 0.25) is 5.02 Å². The van der Waals surface area contributed by atoms with Crippen molar-refractivity contribution in [2.75, 3.05) is 0 Å². The Hall–Kier alpha value is -3.15. The lowest BCUT2D eigenvalue weighted by Gasteiger charge is -2.28. The number of benzene rings is 3. The van der Waals surface area contributed by atoms with Crippen molar-refractivity contribution in [1.29, 1.82) is 0 Å². The van der Waals surface area contributed by atoms with Gasteiger partial charge in [-0.3, -0.25) is 5.10 Å². The van der Waals surface area contributed by atoms with E-state index in [9.17, 15) is 9.90 Å². The molecule has 0 aliphatic rings. The van der Waals surface area contributed by atoms with Gasteiger partial charge in [0.2, 0.25) is 0 Å². The highest BCUT2D eigenvalue weighted by Crippen LogP contribution is 2.41. The number of carboxylic acids is 1. The van der Waals surface area contributed by atoms with Gasteiger partial charge in [0.15, 0.2) is 6.10 Å². The average molecular weight is 449 g/mol. The van der Waals surface area contributed by atoms with Crippen molar-refractivity contribution < 1.29 is 14.6 Å².